The summed E-state index contributed by atoms with van der Waals surface area (Å²) < 4.78 is 59.5. The van der Waals surface area contributed by atoms with Crippen LogP contribution in [0.4, 0.5) is 5.69 Å². The summed E-state index contributed by atoms with van der Waals surface area (Å²) in [6.45, 7) is 9.67. The first-order valence-corrected chi connectivity index (χ1v) is 17.0. The Morgan fingerprint density at radius 2 is 0.804 bits per heavy atom. The maximum atomic E-state index is 11.9. The molecule has 0 spiro atoms. The fourth-order valence-corrected chi connectivity index (χ4v) is 3.88. The second kappa shape index (κ2) is 31.2. The summed E-state index contributed by atoms with van der Waals surface area (Å²) in [5.41, 5.74) is 1.02. The van der Waals surface area contributed by atoms with E-state index in [0.717, 1.165) is 5.69 Å². The van der Waals surface area contributed by atoms with Crippen LogP contribution in [0.5, 0.6) is 5.75 Å². The van der Waals surface area contributed by atoms with Gasteiger partial charge in [0.1, 0.15) is 19.0 Å². The lowest BCUT2D eigenvalue weighted by molar-refractivity contribution is -0.139. The first kappa shape index (κ1) is 43.7. The monoisotopic (exact) mass is 723 g/mol. The van der Waals surface area contributed by atoms with E-state index in [0.29, 0.717) is 130 Å². The van der Waals surface area contributed by atoms with Gasteiger partial charge in [0.25, 0.3) is 5.78 Å². The van der Waals surface area contributed by atoms with Crippen molar-refractivity contribution in [1.82, 2.24) is 0 Å². The van der Waals surface area contributed by atoms with Crippen LogP contribution >= 0.6 is 0 Å². The molecule has 0 aromatic heterocycles. The number of benzene rings is 2. The molecule has 0 atom stereocenters. The van der Waals surface area contributed by atoms with Gasteiger partial charge in [0, 0.05) is 18.2 Å². The normalized spacial score (nSPS) is 11.0. The van der Waals surface area contributed by atoms with Crippen LogP contribution < -0.4 is 10.1 Å². The Hall–Kier alpha value is -3.51. The highest BCUT2D eigenvalue weighted by atomic mass is 16.6. The predicted molar refractivity (Wildman–Crippen MR) is 185 cm³/mol. The maximum Gasteiger partial charge on any atom is 0.379 e. The Bertz CT molecular complexity index is 1150. The zero-order chi connectivity index (χ0) is 36.5. The zero-order valence-electron chi connectivity index (χ0n) is 29.6. The van der Waals surface area contributed by atoms with Gasteiger partial charge in [0.05, 0.1) is 119 Å². The van der Waals surface area contributed by atoms with Crippen LogP contribution in [0.15, 0.2) is 54.6 Å². The van der Waals surface area contributed by atoms with Crippen molar-refractivity contribution < 1.29 is 66.5 Å². The number of anilines is 1. The number of hydrogen-bond acceptors (Lipinski definition) is 14. The molecule has 0 heterocycles. The summed E-state index contributed by atoms with van der Waals surface area (Å²) in [6, 6.07) is 15.4. The average molecular weight is 724 g/mol. The van der Waals surface area contributed by atoms with Crippen LogP contribution in [0.25, 0.3) is 0 Å². The minimum Gasteiger partial charge on any atom is -0.491 e. The highest BCUT2D eigenvalue weighted by Gasteiger charge is 2.17. The molecule has 0 fully saturated rings. The van der Waals surface area contributed by atoms with Gasteiger partial charge in [-0.1, -0.05) is 30.3 Å². The lowest BCUT2D eigenvalue weighted by Crippen LogP contribution is -2.20. The fourth-order valence-electron chi connectivity index (χ4n) is 3.88. The third kappa shape index (κ3) is 25.1. The number of esters is 1. The number of ether oxygens (including phenoxy) is 11. The molecule has 0 aliphatic carbocycles. The van der Waals surface area contributed by atoms with E-state index in [4.69, 9.17) is 52.1 Å². The Balaban J connectivity index is 1.18. The number of carbonyl (C=O) groups is 3. The standard InChI is InChI=1S/C36H53NO14/c1-31(38)37-33-7-9-34(10-8-33)50-29-27-48-25-23-46-21-19-44-17-15-42-13-11-41-12-14-43-16-18-45-20-22-47-24-26-49-28-30-51-36(40)35(39)32-5-3-2-4-6-32/h2-10H,11-30H2,1H3,(H,37,38). The van der Waals surface area contributed by atoms with Gasteiger partial charge < -0.3 is 57.4 Å². The van der Waals surface area contributed by atoms with Gasteiger partial charge in [0.15, 0.2) is 0 Å². The number of Topliss-reactive ketones (excluding diaryl/α,β-unsaturated/α-hetero) is 1. The van der Waals surface area contributed by atoms with Crippen molar-refractivity contribution in [3.05, 3.63) is 60.2 Å². The molecule has 2 rings (SSSR count). The van der Waals surface area contributed by atoms with E-state index in [9.17, 15) is 14.4 Å². The summed E-state index contributed by atoms with van der Waals surface area (Å²) in [4.78, 5) is 34.7. The van der Waals surface area contributed by atoms with Crippen LogP contribution in [0.1, 0.15) is 17.3 Å². The van der Waals surface area contributed by atoms with Crippen molar-refractivity contribution in [3.63, 3.8) is 0 Å². The molecule has 0 bridgehead atoms. The Kier molecular flexibility index (Phi) is 26.7. The number of rotatable bonds is 34. The maximum absolute atomic E-state index is 11.9. The van der Waals surface area contributed by atoms with Crippen LogP contribution in [0.2, 0.25) is 0 Å². The van der Waals surface area contributed by atoms with Crippen molar-refractivity contribution in [2.45, 2.75) is 6.92 Å². The van der Waals surface area contributed by atoms with Crippen LogP contribution in [-0.4, -0.2) is 150 Å². The van der Waals surface area contributed by atoms with E-state index in [1.54, 1.807) is 54.6 Å². The van der Waals surface area contributed by atoms with Crippen molar-refractivity contribution >= 4 is 23.3 Å². The SMILES string of the molecule is CC(=O)Nc1ccc(OCCOCCOCCOCCOCCOCCOCCOCCOCCOCCOC(=O)C(=O)c2ccccc2)cc1. The summed E-state index contributed by atoms with van der Waals surface area (Å²) >= 11 is 0. The molecular weight excluding hydrogens is 670 g/mol. The van der Waals surface area contributed by atoms with Gasteiger partial charge >= 0.3 is 5.97 Å². The molecule has 15 heteroatoms. The molecule has 1 amide bonds. The molecule has 1 N–H and O–H groups in total. The van der Waals surface area contributed by atoms with E-state index < -0.39 is 11.8 Å². The van der Waals surface area contributed by atoms with Crippen molar-refractivity contribution in [3.8, 4) is 5.75 Å². The highest BCUT2D eigenvalue weighted by molar-refractivity contribution is 6.40. The van der Waals surface area contributed by atoms with E-state index in [-0.39, 0.29) is 19.1 Å². The third-order valence-electron chi connectivity index (χ3n) is 6.33. The molecule has 15 nitrogen and oxygen atoms in total. The van der Waals surface area contributed by atoms with E-state index >= 15 is 0 Å². The second-order valence-corrected chi connectivity index (χ2v) is 10.4. The molecule has 2 aromatic rings. The number of amides is 1. The zero-order valence-corrected chi connectivity index (χ0v) is 29.6. The molecular formula is C36H53NO14. The third-order valence-corrected chi connectivity index (χ3v) is 6.33. The van der Waals surface area contributed by atoms with Gasteiger partial charge in [-0.05, 0) is 24.3 Å². The van der Waals surface area contributed by atoms with Crippen LogP contribution in [-0.2, 0) is 57.0 Å². The van der Waals surface area contributed by atoms with Gasteiger partial charge in [-0.25, -0.2) is 4.79 Å². The van der Waals surface area contributed by atoms with Gasteiger partial charge in [0.2, 0.25) is 5.91 Å². The quantitative estimate of drug-likeness (QED) is 0.0485. The van der Waals surface area contributed by atoms with E-state index in [2.05, 4.69) is 5.32 Å². The lowest BCUT2D eigenvalue weighted by Gasteiger charge is -2.09. The molecule has 286 valence electrons. The largest absolute Gasteiger partial charge is 0.491 e. The topological polar surface area (TPSA) is 165 Å². The molecule has 0 saturated carbocycles. The fraction of sp³-hybridized carbons (Fsp3) is 0.583. The summed E-state index contributed by atoms with van der Waals surface area (Å²) in [5, 5.41) is 2.70. The first-order valence-electron chi connectivity index (χ1n) is 17.0. The summed E-state index contributed by atoms with van der Waals surface area (Å²) in [5.74, 6) is -0.986. The summed E-state index contributed by atoms with van der Waals surface area (Å²) in [7, 11) is 0. The number of nitrogens with one attached hydrogen (secondary N) is 1. The molecule has 0 aliphatic heterocycles. The van der Waals surface area contributed by atoms with Crippen LogP contribution in [0, 0.1) is 0 Å². The summed E-state index contributed by atoms with van der Waals surface area (Å²) in [6.07, 6.45) is 0. The smallest absolute Gasteiger partial charge is 0.379 e. The Morgan fingerprint density at radius 3 is 1.18 bits per heavy atom. The molecule has 51 heavy (non-hydrogen) atoms. The molecule has 2 aromatic carbocycles. The number of hydrogen-bond donors (Lipinski definition) is 1. The van der Waals surface area contributed by atoms with Crippen molar-refractivity contribution in [2.24, 2.45) is 0 Å². The molecule has 0 unspecified atom stereocenters. The average Bonchev–Trinajstić information content (AvgIpc) is 3.14. The minimum atomic E-state index is -0.901. The lowest BCUT2D eigenvalue weighted by atomic mass is 10.1. The highest BCUT2D eigenvalue weighted by Crippen LogP contribution is 2.15. The number of carbonyl (C=O) groups excluding carboxylic acids is 3. The van der Waals surface area contributed by atoms with Crippen molar-refractivity contribution in [2.75, 3.05) is 137 Å². The second-order valence-electron chi connectivity index (χ2n) is 10.4. The van der Waals surface area contributed by atoms with Gasteiger partial charge in [-0.2, -0.15) is 0 Å². The Labute approximate surface area is 300 Å². The number of ketones is 1. The minimum absolute atomic E-state index is 0.00728. The predicted octanol–water partition coefficient (Wildman–Crippen LogP) is 2.60. The van der Waals surface area contributed by atoms with Crippen molar-refractivity contribution in [1.29, 1.82) is 0 Å². The Morgan fingerprint density at radius 1 is 0.451 bits per heavy atom. The van der Waals surface area contributed by atoms with Gasteiger partial charge in [-0.3, -0.25) is 9.59 Å². The molecule has 0 saturated heterocycles. The first-order chi connectivity index (χ1) is 25.1. The molecule has 0 aliphatic rings. The van der Waals surface area contributed by atoms with Crippen LogP contribution in [0.3, 0.4) is 0 Å². The van der Waals surface area contributed by atoms with Gasteiger partial charge in [-0.15, -0.1) is 0 Å². The van der Waals surface area contributed by atoms with E-state index in [1.807, 2.05) is 0 Å². The molecule has 0 radical (unpaired) electrons. The van der Waals surface area contributed by atoms with E-state index in [1.165, 1.54) is 6.92 Å².